The number of anilines is 1. The van der Waals surface area contributed by atoms with Crippen molar-refractivity contribution < 1.29 is 4.74 Å². The smallest absolute Gasteiger partial charge is 0.152 e. The molecule has 0 aliphatic heterocycles. The van der Waals surface area contributed by atoms with E-state index < -0.39 is 0 Å². The summed E-state index contributed by atoms with van der Waals surface area (Å²) in [5, 5.41) is 7.75. The first-order chi connectivity index (χ1) is 11.2. The summed E-state index contributed by atoms with van der Waals surface area (Å²) < 4.78 is 7.73. The van der Waals surface area contributed by atoms with Gasteiger partial charge in [0.05, 0.1) is 11.8 Å². The first kappa shape index (κ1) is 15.5. The monoisotopic (exact) mass is 310 g/mol. The zero-order valence-corrected chi connectivity index (χ0v) is 13.6. The summed E-state index contributed by atoms with van der Waals surface area (Å²) in [5.74, 6) is 0.865. The average Bonchev–Trinajstić information content (AvgIpc) is 2.96. The highest BCUT2D eigenvalue weighted by atomic mass is 16.5. The van der Waals surface area contributed by atoms with Crippen molar-refractivity contribution >= 4 is 11.3 Å². The van der Waals surface area contributed by atoms with Crippen LogP contribution in [0, 0.1) is 6.92 Å². The highest BCUT2D eigenvalue weighted by Crippen LogP contribution is 2.17. The van der Waals surface area contributed by atoms with Gasteiger partial charge in [-0.25, -0.2) is 9.50 Å². The van der Waals surface area contributed by atoms with Crippen molar-refractivity contribution in [2.45, 2.75) is 26.4 Å². The van der Waals surface area contributed by atoms with Gasteiger partial charge in [-0.05, 0) is 31.9 Å². The minimum atomic E-state index is 0.121. The molecule has 1 N–H and O–H groups in total. The molecule has 1 unspecified atom stereocenters. The SMILES string of the molecule is Cc1cc2c(NCCCOC(C)c3ccccc3)nccn2n1. The lowest BCUT2D eigenvalue weighted by molar-refractivity contribution is 0.0656. The van der Waals surface area contributed by atoms with Crippen LogP contribution in [0.5, 0.6) is 0 Å². The van der Waals surface area contributed by atoms with Crippen LogP contribution in [0.2, 0.25) is 0 Å². The van der Waals surface area contributed by atoms with E-state index in [0.29, 0.717) is 6.61 Å². The number of hydrogen-bond acceptors (Lipinski definition) is 4. The molecule has 0 saturated carbocycles. The Balaban J connectivity index is 1.46. The lowest BCUT2D eigenvalue weighted by Crippen LogP contribution is -2.09. The first-order valence-electron chi connectivity index (χ1n) is 7.95. The lowest BCUT2D eigenvalue weighted by atomic mass is 10.1. The molecule has 0 aliphatic carbocycles. The Morgan fingerprint density at radius 3 is 2.91 bits per heavy atom. The van der Waals surface area contributed by atoms with Crippen LogP contribution >= 0.6 is 0 Å². The molecule has 0 radical (unpaired) electrons. The maximum atomic E-state index is 5.88. The molecular weight excluding hydrogens is 288 g/mol. The van der Waals surface area contributed by atoms with Crippen LogP contribution in [0.3, 0.4) is 0 Å². The van der Waals surface area contributed by atoms with Gasteiger partial charge in [0.1, 0.15) is 5.52 Å². The van der Waals surface area contributed by atoms with E-state index in [1.54, 1.807) is 6.20 Å². The highest BCUT2D eigenvalue weighted by Gasteiger charge is 2.06. The van der Waals surface area contributed by atoms with E-state index in [2.05, 4.69) is 34.5 Å². The van der Waals surface area contributed by atoms with Gasteiger partial charge in [-0.15, -0.1) is 0 Å². The zero-order chi connectivity index (χ0) is 16.1. The van der Waals surface area contributed by atoms with Gasteiger partial charge in [0.25, 0.3) is 0 Å². The summed E-state index contributed by atoms with van der Waals surface area (Å²) in [6.07, 6.45) is 4.66. The first-order valence-corrected chi connectivity index (χ1v) is 7.95. The predicted octanol–water partition coefficient (Wildman–Crippen LogP) is 3.62. The summed E-state index contributed by atoms with van der Waals surface area (Å²) in [4.78, 5) is 4.39. The van der Waals surface area contributed by atoms with Crippen molar-refractivity contribution in [1.82, 2.24) is 14.6 Å². The Morgan fingerprint density at radius 2 is 2.09 bits per heavy atom. The molecule has 0 amide bonds. The molecule has 2 heterocycles. The molecule has 5 heteroatoms. The molecule has 3 rings (SSSR count). The molecule has 0 saturated heterocycles. The number of aromatic nitrogens is 3. The van der Waals surface area contributed by atoms with Gasteiger partial charge in [0.15, 0.2) is 5.82 Å². The normalized spacial score (nSPS) is 12.4. The summed E-state index contributed by atoms with van der Waals surface area (Å²) in [5.41, 5.74) is 3.20. The van der Waals surface area contributed by atoms with Crippen LogP contribution in [0.1, 0.15) is 30.7 Å². The van der Waals surface area contributed by atoms with Gasteiger partial charge in [-0.3, -0.25) is 0 Å². The lowest BCUT2D eigenvalue weighted by Gasteiger charge is -2.13. The molecule has 1 aromatic carbocycles. The van der Waals surface area contributed by atoms with Crippen molar-refractivity contribution in [3.05, 3.63) is 60.0 Å². The van der Waals surface area contributed by atoms with Gasteiger partial charge in [-0.2, -0.15) is 5.10 Å². The largest absolute Gasteiger partial charge is 0.374 e. The Morgan fingerprint density at radius 1 is 1.26 bits per heavy atom. The van der Waals surface area contributed by atoms with Gasteiger partial charge < -0.3 is 10.1 Å². The molecule has 120 valence electrons. The van der Waals surface area contributed by atoms with Gasteiger partial charge >= 0.3 is 0 Å². The molecule has 1 atom stereocenters. The number of hydrogen-bond donors (Lipinski definition) is 1. The summed E-state index contributed by atoms with van der Waals surface area (Å²) >= 11 is 0. The number of nitrogens with zero attached hydrogens (tertiary/aromatic N) is 3. The Kier molecular flexibility index (Phi) is 4.88. The second kappa shape index (κ2) is 7.24. The van der Waals surface area contributed by atoms with Gasteiger partial charge in [0.2, 0.25) is 0 Å². The van der Waals surface area contributed by atoms with E-state index in [1.807, 2.05) is 41.9 Å². The number of rotatable bonds is 7. The molecule has 3 aromatic rings. The number of benzene rings is 1. The predicted molar refractivity (Wildman–Crippen MR) is 91.6 cm³/mol. The zero-order valence-electron chi connectivity index (χ0n) is 13.6. The Bertz CT molecular complexity index is 754. The summed E-state index contributed by atoms with van der Waals surface area (Å²) in [7, 11) is 0. The average molecular weight is 310 g/mol. The van der Waals surface area contributed by atoms with Crippen molar-refractivity contribution in [1.29, 1.82) is 0 Å². The van der Waals surface area contributed by atoms with Crippen LogP contribution < -0.4 is 5.32 Å². The molecular formula is C18H22N4O. The molecule has 23 heavy (non-hydrogen) atoms. The maximum absolute atomic E-state index is 5.88. The van der Waals surface area contributed by atoms with Crippen LogP contribution in [0.15, 0.2) is 48.8 Å². The third kappa shape index (κ3) is 3.87. The topological polar surface area (TPSA) is 51.5 Å². The van der Waals surface area contributed by atoms with E-state index in [-0.39, 0.29) is 6.10 Å². The highest BCUT2D eigenvalue weighted by molar-refractivity contribution is 5.67. The van der Waals surface area contributed by atoms with Crippen molar-refractivity contribution in [2.24, 2.45) is 0 Å². The molecule has 0 aliphatic rings. The quantitative estimate of drug-likeness (QED) is 0.677. The second-order valence-corrected chi connectivity index (χ2v) is 5.60. The molecule has 0 fully saturated rings. The molecule has 5 nitrogen and oxygen atoms in total. The van der Waals surface area contributed by atoms with Crippen molar-refractivity contribution in [2.75, 3.05) is 18.5 Å². The molecule has 0 spiro atoms. The number of aryl methyl sites for hydroxylation is 1. The number of fused-ring (bicyclic) bond motifs is 1. The fourth-order valence-electron chi connectivity index (χ4n) is 2.54. The maximum Gasteiger partial charge on any atom is 0.152 e. The van der Waals surface area contributed by atoms with Crippen LogP contribution in [-0.4, -0.2) is 27.7 Å². The van der Waals surface area contributed by atoms with Crippen LogP contribution in [0.4, 0.5) is 5.82 Å². The number of nitrogens with one attached hydrogen (secondary N) is 1. The van der Waals surface area contributed by atoms with E-state index in [0.717, 1.165) is 30.0 Å². The molecule has 2 aromatic heterocycles. The standard InChI is InChI=1S/C18H22N4O/c1-14-13-17-18(20-10-11-22(17)21-14)19-9-6-12-23-15(2)16-7-4-3-5-8-16/h3-5,7-8,10-11,13,15H,6,9,12H2,1-2H3,(H,19,20). The van der Waals surface area contributed by atoms with E-state index in [4.69, 9.17) is 4.74 Å². The van der Waals surface area contributed by atoms with Gasteiger partial charge in [0, 0.05) is 25.5 Å². The van der Waals surface area contributed by atoms with Gasteiger partial charge in [-0.1, -0.05) is 30.3 Å². The summed E-state index contributed by atoms with van der Waals surface area (Å²) in [6, 6.07) is 12.3. The summed E-state index contributed by atoms with van der Waals surface area (Å²) in [6.45, 7) is 5.60. The van der Waals surface area contributed by atoms with Crippen LogP contribution in [-0.2, 0) is 4.74 Å². The van der Waals surface area contributed by atoms with Crippen molar-refractivity contribution in [3.8, 4) is 0 Å². The van der Waals surface area contributed by atoms with E-state index in [9.17, 15) is 0 Å². The van der Waals surface area contributed by atoms with Crippen molar-refractivity contribution in [3.63, 3.8) is 0 Å². The third-order valence-corrected chi connectivity index (χ3v) is 3.76. The minimum Gasteiger partial charge on any atom is -0.374 e. The molecule has 0 bridgehead atoms. The Labute approximate surface area is 136 Å². The second-order valence-electron chi connectivity index (χ2n) is 5.60. The third-order valence-electron chi connectivity index (χ3n) is 3.76. The van der Waals surface area contributed by atoms with E-state index >= 15 is 0 Å². The Hall–Kier alpha value is -2.40. The minimum absolute atomic E-state index is 0.121. The van der Waals surface area contributed by atoms with E-state index in [1.165, 1.54) is 5.56 Å². The number of ether oxygens (including phenoxy) is 1. The fourth-order valence-corrected chi connectivity index (χ4v) is 2.54. The van der Waals surface area contributed by atoms with Crippen LogP contribution in [0.25, 0.3) is 5.52 Å². The fraction of sp³-hybridized carbons (Fsp3) is 0.333.